The normalized spacial score (nSPS) is 15.4. The van der Waals surface area contributed by atoms with Gasteiger partial charge in [0.2, 0.25) is 5.91 Å². The molecule has 0 aromatic heterocycles. The molecule has 2 atom stereocenters. The Labute approximate surface area is 173 Å². The molecule has 0 heterocycles. The monoisotopic (exact) mass is 402 g/mol. The highest BCUT2D eigenvalue weighted by Gasteiger charge is 2.25. The fraction of sp³-hybridized carbons (Fsp3) is 0.955. The third-order valence-electron chi connectivity index (χ3n) is 3.96. The van der Waals surface area contributed by atoms with Crippen LogP contribution in [0.4, 0.5) is 0 Å². The van der Waals surface area contributed by atoms with Crippen molar-refractivity contribution < 1.29 is 19.4 Å². The summed E-state index contributed by atoms with van der Waals surface area (Å²) in [4.78, 5) is 12.6. The van der Waals surface area contributed by atoms with Crippen LogP contribution in [0.25, 0.3) is 0 Å². The second kappa shape index (κ2) is 12.1. The van der Waals surface area contributed by atoms with Gasteiger partial charge in [-0.3, -0.25) is 10.1 Å². The highest BCUT2D eigenvalue weighted by atomic mass is 16.5. The van der Waals surface area contributed by atoms with Gasteiger partial charge in [0.15, 0.2) is 0 Å². The topological polar surface area (TPSA) is 79.8 Å². The maximum Gasteiger partial charge on any atom is 0.239 e. The lowest BCUT2D eigenvalue weighted by Crippen LogP contribution is -2.54. The first-order chi connectivity index (χ1) is 12.6. The van der Waals surface area contributed by atoms with Crippen molar-refractivity contribution in [2.75, 3.05) is 26.4 Å². The van der Waals surface area contributed by atoms with Crippen molar-refractivity contribution in [1.82, 2.24) is 10.6 Å². The number of carbonyl (C=O) groups is 1. The number of aliphatic hydroxyl groups is 1. The molecule has 0 spiro atoms. The summed E-state index contributed by atoms with van der Waals surface area (Å²) in [5.41, 5.74) is -0.650. The molecule has 0 aliphatic carbocycles. The zero-order valence-electron chi connectivity index (χ0n) is 19.8. The van der Waals surface area contributed by atoms with Gasteiger partial charge in [0.05, 0.1) is 24.4 Å². The molecule has 0 bridgehead atoms. The van der Waals surface area contributed by atoms with E-state index in [0.29, 0.717) is 19.8 Å². The van der Waals surface area contributed by atoms with Crippen LogP contribution in [0.3, 0.4) is 0 Å². The number of hydrogen-bond donors (Lipinski definition) is 3. The van der Waals surface area contributed by atoms with Gasteiger partial charge in [0, 0.05) is 24.6 Å². The van der Waals surface area contributed by atoms with Crippen molar-refractivity contribution in [3.05, 3.63) is 0 Å². The number of nitrogens with one attached hydrogen (secondary N) is 2. The van der Waals surface area contributed by atoms with Gasteiger partial charge in [-0.25, -0.2) is 0 Å². The lowest BCUT2D eigenvalue weighted by molar-refractivity contribution is -0.127. The lowest BCUT2D eigenvalue weighted by Gasteiger charge is -2.30. The Morgan fingerprint density at radius 3 is 1.89 bits per heavy atom. The van der Waals surface area contributed by atoms with Gasteiger partial charge in [-0.1, -0.05) is 6.42 Å². The largest absolute Gasteiger partial charge is 0.396 e. The summed E-state index contributed by atoms with van der Waals surface area (Å²) in [5.74, 6) is 0.111. The Bertz CT molecular complexity index is 433. The van der Waals surface area contributed by atoms with Crippen molar-refractivity contribution in [1.29, 1.82) is 0 Å². The smallest absolute Gasteiger partial charge is 0.239 e. The van der Waals surface area contributed by atoms with E-state index in [4.69, 9.17) is 9.47 Å². The lowest BCUT2D eigenvalue weighted by atomic mass is 10.0. The first-order valence-corrected chi connectivity index (χ1v) is 10.6. The Kier molecular flexibility index (Phi) is 11.8. The van der Waals surface area contributed by atoms with Crippen molar-refractivity contribution in [2.45, 2.75) is 104 Å². The zero-order chi connectivity index (χ0) is 22.0. The average Bonchev–Trinajstić information content (AvgIpc) is 2.51. The minimum Gasteiger partial charge on any atom is -0.396 e. The Morgan fingerprint density at radius 2 is 1.43 bits per heavy atom. The predicted molar refractivity (Wildman–Crippen MR) is 116 cm³/mol. The Hall–Kier alpha value is -0.690. The van der Waals surface area contributed by atoms with Crippen LogP contribution in [-0.2, 0) is 14.3 Å². The van der Waals surface area contributed by atoms with E-state index in [9.17, 15) is 9.90 Å². The standard InChI is InChI=1S/C22H46N2O4/c1-20(2,3)24-18(16-28-22(7,8)9)19(26)23-13-11-10-12-17(14-25)15-27-21(4,5)6/h17-18,24-25H,10-16H2,1-9H3,(H,23,26)/t17?,18-/m0/s1. The van der Waals surface area contributed by atoms with Gasteiger partial charge in [-0.15, -0.1) is 0 Å². The van der Waals surface area contributed by atoms with Crippen LogP contribution in [-0.4, -0.2) is 60.2 Å². The third kappa shape index (κ3) is 16.3. The molecule has 6 heteroatoms. The minimum absolute atomic E-state index is 0.0334. The predicted octanol–water partition coefficient (Wildman–Crippen LogP) is 3.27. The van der Waals surface area contributed by atoms with Crippen molar-refractivity contribution in [2.24, 2.45) is 5.92 Å². The molecule has 0 aromatic carbocycles. The van der Waals surface area contributed by atoms with Crippen LogP contribution in [0.15, 0.2) is 0 Å². The van der Waals surface area contributed by atoms with Crippen molar-refractivity contribution in [3.8, 4) is 0 Å². The van der Waals surface area contributed by atoms with Gasteiger partial charge in [0.25, 0.3) is 0 Å². The van der Waals surface area contributed by atoms with Gasteiger partial charge in [-0.05, 0) is 75.2 Å². The van der Waals surface area contributed by atoms with Crippen LogP contribution in [0.5, 0.6) is 0 Å². The summed E-state index contributed by atoms with van der Waals surface area (Å²) < 4.78 is 11.6. The summed E-state index contributed by atoms with van der Waals surface area (Å²) in [5, 5.41) is 15.9. The number of rotatable bonds is 12. The molecule has 1 unspecified atom stereocenters. The van der Waals surface area contributed by atoms with E-state index in [1.54, 1.807) is 0 Å². The number of ether oxygens (including phenoxy) is 2. The highest BCUT2D eigenvalue weighted by Crippen LogP contribution is 2.14. The fourth-order valence-electron chi connectivity index (χ4n) is 2.53. The molecule has 168 valence electrons. The summed E-state index contributed by atoms with van der Waals surface area (Å²) in [6.07, 6.45) is 2.70. The Morgan fingerprint density at radius 1 is 0.893 bits per heavy atom. The van der Waals surface area contributed by atoms with Crippen LogP contribution in [0.1, 0.15) is 81.6 Å². The first kappa shape index (κ1) is 27.3. The number of aliphatic hydroxyl groups excluding tert-OH is 1. The minimum atomic E-state index is -0.385. The van der Waals surface area contributed by atoms with Gasteiger partial charge in [0.1, 0.15) is 6.04 Å². The van der Waals surface area contributed by atoms with Crippen LogP contribution in [0.2, 0.25) is 0 Å². The zero-order valence-corrected chi connectivity index (χ0v) is 19.8. The van der Waals surface area contributed by atoms with Gasteiger partial charge < -0.3 is 19.9 Å². The quantitative estimate of drug-likeness (QED) is 0.437. The number of amides is 1. The second-order valence-corrected chi connectivity index (χ2v) is 10.6. The SMILES string of the molecule is CC(C)(C)N[C@@H](COC(C)(C)C)C(=O)NCCCCC(CO)COC(C)(C)C. The van der Waals surface area contributed by atoms with Crippen LogP contribution >= 0.6 is 0 Å². The number of hydrogen-bond acceptors (Lipinski definition) is 5. The van der Waals surface area contributed by atoms with Crippen molar-refractivity contribution >= 4 is 5.91 Å². The second-order valence-electron chi connectivity index (χ2n) is 10.6. The maximum absolute atomic E-state index is 12.6. The average molecular weight is 403 g/mol. The highest BCUT2D eigenvalue weighted by molar-refractivity contribution is 5.82. The van der Waals surface area contributed by atoms with Gasteiger partial charge >= 0.3 is 0 Å². The molecule has 0 saturated carbocycles. The molecule has 0 aliphatic rings. The maximum atomic E-state index is 12.6. The van der Waals surface area contributed by atoms with Crippen LogP contribution in [0, 0.1) is 5.92 Å². The van der Waals surface area contributed by atoms with E-state index in [1.165, 1.54) is 0 Å². The molecule has 0 rings (SSSR count). The third-order valence-corrected chi connectivity index (χ3v) is 3.96. The number of carbonyl (C=O) groups excluding carboxylic acids is 1. The molecular weight excluding hydrogens is 356 g/mol. The van der Waals surface area contributed by atoms with Crippen molar-refractivity contribution in [3.63, 3.8) is 0 Å². The molecule has 0 fully saturated rings. The molecule has 0 aliphatic heterocycles. The molecule has 3 N–H and O–H groups in total. The Balaban J connectivity index is 4.31. The molecule has 28 heavy (non-hydrogen) atoms. The molecule has 0 radical (unpaired) electrons. The summed E-state index contributed by atoms with van der Waals surface area (Å²) in [6.45, 7) is 19.8. The van der Waals surface area contributed by atoms with E-state index >= 15 is 0 Å². The van der Waals surface area contributed by atoms with E-state index in [-0.39, 0.29) is 41.2 Å². The molecule has 1 amide bonds. The fourth-order valence-corrected chi connectivity index (χ4v) is 2.53. The van der Waals surface area contributed by atoms with E-state index in [2.05, 4.69) is 10.6 Å². The van der Waals surface area contributed by atoms with E-state index in [0.717, 1.165) is 19.3 Å². The molecule has 0 saturated heterocycles. The van der Waals surface area contributed by atoms with E-state index < -0.39 is 0 Å². The summed E-state index contributed by atoms with van der Waals surface area (Å²) in [7, 11) is 0. The molecular formula is C22H46N2O4. The van der Waals surface area contributed by atoms with E-state index in [1.807, 2.05) is 62.3 Å². The summed E-state index contributed by atoms with van der Waals surface area (Å²) in [6, 6.07) is -0.385. The first-order valence-electron chi connectivity index (χ1n) is 10.6. The number of unbranched alkanes of at least 4 members (excludes halogenated alkanes) is 1. The molecule has 6 nitrogen and oxygen atoms in total. The van der Waals surface area contributed by atoms with Gasteiger partial charge in [-0.2, -0.15) is 0 Å². The summed E-state index contributed by atoms with van der Waals surface area (Å²) >= 11 is 0. The van der Waals surface area contributed by atoms with Crippen LogP contribution < -0.4 is 10.6 Å². The molecule has 0 aromatic rings.